The maximum absolute atomic E-state index is 13.2. The van der Waals surface area contributed by atoms with E-state index in [9.17, 15) is 35.9 Å². The molecule has 0 radical (unpaired) electrons. The summed E-state index contributed by atoms with van der Waals surface area (Å²) < 4.78 is 87.4. The highest BCUT2D eigenvalue weighted by molar-refractivity contribution is 8.00. The minimum absolute atomic E-state index is 0.140. The summed E-state index contributed by atoms with van der Waals surface area (Å²) in [5, 5.41) is -7.68. The summed E-state index contributed by atoms with van der Waals surface area (Å²) in [6.07, 6.45) is -3.31. The summed E-state index contributed by atoms with van der Waals surface area (Å²) in [6.45, 7) is 5.02. The fourth-order valence-electron chi connectivity index (χ4n) is 1.40. The van der Waals surface area contributed by atoms with Gasteiger partial charge in [-0.1, -0.05) is 36.7 Å². The van der Waals surface area contributed by atoms with Crippen molar-refractivity contribution in [1.82, 2.24) is 0 Å². The van der Waals surface area contributed by atoms with Crippen molar-refractivity contribution in [3.63, 3.8) is 0 Å². The highest BCUT2D eigenvalue weighted by Crippen LogP contribution is 2.34. The molecular formula is C16H20F6O4S2. The average Bonchev–Trinajstić information content (AvgIpc) is 2.61. The molecule has 0 rings (SSSR count). The Bertz CT molecular complexity index is 535. The van der Waals surface area contributed by atoms with Gasteiger partial charge in [0.25, 0.3) is 0 Å². The molecule has 0 aromatic rings. The average molecular weight is 454 g/mol. The van der Waals surface area contributed by atoms with Crippen molar-refractivity contribution in [3.8, 4) is 0 Å². The number of ether oxygens (including phenoxy) is 2. The summed E-state index contributed by atoms with van der Waals surface area (Å²) in [7, 11) is 0. The van der Waals surface area contributed by atoms with Gasteiger partial charge in [-0.25, -0.2) is 18.4 Å². The molecule has 4 nitrogen and oxygen atoms in total. The minimum atomic E-state index is -3.84. The summed E-state index contributed by atoms with van der Waals surface area (Å²) in [4.78, 5) is 23.5. The molecule has 0 aromatic heterocycles. The number of hydrogen-bond donors (Lipinski definition) is 0. The van der Waals surface area contributed by atoms with Gasteiger partial charge in [0.05, 0.1) is 0 Å². The van der Waals surface area contributed by atoms with Crippen molar-refractivity contribution in [2.75, 3.05) is 24.9 Å². The number of hydrogen-bond acceptors (Lipinski definition) is 6. The normalized spacial score (nSPS) is 14.1. The quantitative estimate of drug-likeness (QED) is 0.231. The lowest BCUT2D eigenvalue weighted by molar-refractivity contribution is -0.159. The van der Waals surface area contributed by atoms with Gasteiger partial charge in [-0.05, 0) is 13.8 Å². The standard InChI is InChI=1S/C16H20F6O4S2/c1-9(2)13(23)25-11(5-27-15(19,20)7-17)12(26-14(24)10(3)4)6-28-16(21,22)8-18/h11-12H,1,3,5-8H2,2,4H3. The van der Waals surface area contributed by atoms with E-state index >= 15 is 0 Å². The zero-order chi connectivity index (χ0) is 22.1. The largest absolute Gasteiger partial charge is 0.454 e. The van der Waals surface area contributed by atoms with E-state index in [0.717, 1.165) is 0 Å². The predicted molar refractivity (Wildman–Crippen MR) is 96.1 cm³/mol. The van der Waals surface area contributed by atoms with Crippen LogP contribution < -0.4 is 0 Å². The summed E-state index contributed by atoms with van der Waals surface area (Å²) >= 11 is -0.513. The van der Waals surface area contributed by atoms with Gasteiger partial charge in [-0.3, -0.25) is 0 Å². The third kappa shape index (κ3) is 10.3. The predicted octanol–water partition coefficient (Wildman–Crippen LogP) is 4.55. The van der Waals surface area contributed by atoms with E-state index in [1.165, 1.54) is 13.8 Å². The van der Waals surface area contributed by atoms with E-state index in [4.69, 9.17) is 9.47 Å². The van der Waals surface area contributed by atoms with Crippen molar-refractivity contribution in [2.45, 2.75) is 36.6 Å². The molecule has 0 spiro atoms. The van der Waals surface area contributed by atoms with Crippen LogP contribution in [0.25, 0.3) is 0 Å². The van der Waals surface area contributed by atoms with Crippen molar-refractivity contribution >= 4 is 35.5 Å². The van der Waals surface area contributed by atoms with Crippen LogP contribution >= 0.6 is 23.5 Å². The van der Waals surface area contributed by atoms with Crippen molar-refractivity contribution in [1.29, 1.82) is 0 Å². The molecule has 0 fully saturated rings. The Kier molecular flexibility index (Phi) is 11.1. The first-order valence-electron chi connectivity index (χ1n) is 7.63. The molecular weight excluding hydrogens is 434 g/mol. The Hall–Kier alpha value is -1.30. The Morgan fingerprint density at radius 2 is 1.11 bits per heavy atom. The van der Waals surface area contributed by atoms with E-state index in [1.54, 1.807) is 0 Å². The van der Waals surface area contributed by atoms with Crippen molar-refractivity contribution < 1.29 is 45.4 Å². The highest BCUT2D eigenvalue weighted by Gasteiger charge is 2.38. The van der Waals surface area contributed by atoms with Crippen LogP contribution in [0.1, 0.15) is 13.8 Å². The van der Waals surface area contributed by atoms with Gasteiger partial charge in [0.1, 0.15) is 12.2 Å². The zero-order valence-corrected chi connectivity index (χ0v) is 16.7. The van der Waals surface area contributed by atoms with E-state index in [2.05, 4.69) is 13.2 Å². The lowest BCUT2D eigenvalue weighted by atomic mass is 10.2. The maximum atomic E-state index is 13.2. The van der Waals surface area contributed by atoms with E-state index in [-0.39, 0.29) is 34.7 Å². The third-order valence-corrected chi connectivity index (χ3v) is 4.91. The van der Waals surface area contributed by atoms with Crippen LogP contribution in [0.5, 0.6) is 0 Å². The zero-order valence-electron chi connectivity index (χ0n) is 15.1. The maximum Gasteiger partial charge on any atom is 0.333 e. The van der Waals surface area contributed by atoms with Crippen molar-refractivity contribution in [3.05, 3.63) is 24.3 Å². The molecule has 0 amide bonds. The van der Waals surface area contributed by atoms with Crippen LogP contribution in [0, 0.1) is 0 Å². The Morgan fingerprint density at radius 1 is 0.821 bits per heavy atom. The molecule has 162 valence electrons. The molecule has 12 heteroatoms. The second kappa shape index (κ2) is 11.6. The second-order valence-electron chi connectivity index (χ2n) is 5.61. The van der Waals surface area contributed by atoms with Gasteiger partial charge in [-0.15, -0.1) is 0 Å². The Balaban J connectivity index is 5.59. The molecule has 0 aromatic carbocycles. The molecule has 0 aliphatic rings. The summed E-state index contributed by atoms with van der Waals surface area (Å²) in [5.41, 5.74) is -0.280. The number of carbonyl (C=O) groups is 2. The van der Waals surface area contributed by atoms with Crippen LogP contribution in [0.3, 0.4) is 0 Å². The lowest BCUT2D eigenvalue weighted by Crippen LogP contribution is -2.41. The van der Waals surface area contributed by atoms with Gasteiger partial charge >= 0.3 is 22.4 Å². The Labute approximate surface area is 167 Å². The molecule has 0 aliphatic heterocycles. The molecule has 0 aliphatic carbocycles. The monoisotopic (exact) mass is 454 g/mol. The molecule has 0 N–H and O–H groups in total. The first-order valence-corrected chi connectivity index (χ1v) is 9.60. The summed E-state index contributed by atoms with van der Waals surface area (Å²) in [5.74, 6) is -3.70. The van der Waals surface area contributed by atoms with Crippen molar-refractivity contribution in [2.24, 2.45) is 0 Å². The van der Waals surface area contributed by atoms with E-state index in [0.29, 0.717) is 0 Å². The number of carbonyl (C=O) groups excluding carboxylic acids is 2. The number of alkyl halides is 6. The molecule has 0 saturated carbocycles. The number of halogens is 6. The number of thioether (sulfide) groups is 2. The van der Waals surface area contributed by atoms with Gasteiger partial charge < -0.3 is 9.47 Å². The second-order valence-corrected chi connectivity index (χ2v) is 8.05. The molecule has 0 saturated heterocycles. The first-order chi connectivity index (χ1) is 12.7. The smallest absolute Gasteiger partial charge is 0.333 e. The van der Waals surface area contributed by atoms with Gasteiger partial charge in [0.15, 0.2) is 13.3 Å². The van der Waals surface area contributed by atoms with Crippen LogP contribution in [-0.4, -0.2) is 59.5 Å². The molecule has 2 unspecified atom stereocenters. The Morgan fingerprint density at radius 3 is 1.32 bits per heavy atom. The fourth-order valence-corrected chi connectivity index (χ4v) is 2.93. The van der Waals surface area contributed by atoms with E-state index < -0.39 is 59.5 Å². The molecule has 2 atom stereocenters. The van der Waals surface area contributed by atoms with Gasteiger partial charge in [0, 0.05) is 22.7 Å². The van der Waals surface area contributed by atoms with Crippen LogP contribution in [-0.2, 0) is 19.1 Å². The third-order valence-electron chi connectivity index (χ3n) is 2.86. The SMILES string of the molecule is C=C(C)C(=O)OC(CSC(F)(F)CF)C(CSC(F)(F)CF)OC(=O)C(=C)C. The highest BCUT2D eigenvalue weighted by atomic mass is 32.2. The topological polar surface area (TPSA) is 52.6 Å². The van der Waals surface area contributed by atoms with Crippen LogP contribution in [0.2, 0.25) is 0 Å². The molecule has 28 heavy (non-hydrogen) atoms. The first kappa shape index (κ1) is 26.7. The minimum Gasteiger partial charge on any atom is -0.454 e. The van der Waals surface area contributed by atoms with Gasteiger partial charge in [0.2, 0.25) is 0 Å². The van der Waals surface area contributed by atoms with Crippen LogP contribution in [0.4, 0.5) is 26.3 Å². The fraction of sp³-hybridized carbons (Fsp3) is 0.625. The number of esters is 2. The lowest BCUT2D eigenvalue weighted by Gasteiger charge is -2.28. The van der Waals surface area contributed by atoms with Gasteiger partial charge in [-0.2, -0.15) is 17.6 Å². The summed E-state index contributed by atoms with van der Waals surface area (Å²) in [6, 6.07) is 0. The molecule has 0 heterocycles. The van der Waals surface area contributed by atoms with E-state index in [1.807, 2.05) is 0 Å². The number of rotatable bonds is 13. The molecule has 0 bridgehead atoms. The van der Waals surface area contributed by atoms with Crippen LogP contribution in [0.15, 0.2) is 24.3 Å².